The number of carbonyl (C=O) groups is 2. The number of likely N-dealkylation sites (tertiary alicyclic amines) is 1. The lowest BCUT2D eigenvalue weighted by atomic mass is 9.97. The second-order valence-corrected chi connectivity index (χ2v) is 6.81. The molecule has 1 amide bonds. The maximum atomic E-state index is 12.0. The van der Waals surface area contributed by atoms with Crippen LogP contribution in [0.3, 0.4) is 0 Å². The zero-order valence-electron chi connectivity index (χ0n) is 15.6. The first kappa shape index (κ1) is 19.1. The third kappa shape index (κ3) is 4.74. The number of carbonyl (C=O) groups excluding carboxylic acids is 2. The summed E-state index contributed by atoms with van der Waals surface area (Å²) >= 11 is 0. The van der Waals surface area contributed by atoms with Gasteiger partial charge in [-0.15, -0.1) is 0 Å². The van der Waals surface area contributed by atoms with Crippen molar-refractivity contribution in [1.82, 2.24) is 4.90 Å². The lowest BCUT2D eigenvalue weighted by Crippen LogP contribution is -2.39. The van der Waals surface area contributed by atoms with Crippen LogP contribution >= 0.6 is 0 Å². The van der Waals surface area contributed by atoms with Gasteiger partial charge in [0.05, 0.1) is 12.5 Å². The summed E-state index contributed by atoms with van der Waals surface area (Å²) in [7, 11) is 0. The number of nitrogens with zero attached hydrogens (tertiary/aromatic N) is 1. The van der Waals surface area contributed by atoms with E-state index >= 15 is 0 Å². The van der Waals surface area contributed by atoms with Crippen molar-refractivity contribution in [3.8, 4) is 0 Å². The first-order valence-corrected chi connectivity index (χ1v) is 9.19. The highest BCUT2D eigenvalue weighted by Crippen LogP contribution is 2.25. The normalized spacial score (nSPS) is 17.6. The molecule has 0 bridgehead atoms. The highest BCUT2D eigenvalue weighted by molar-refractivity contribution is 5.92. The summed E-state index contributed by atoms with van der Waals surface area (Å²) in [6.45, 7) is 5.65. The van der Waals surface area contributed by atoms with Crippen LogP contribution in [-0.2, 0) is 20.9 Å². The second-order valence-electron chi connectivity index (χ2n) is 6.81. The minimum atomic E-state index is -0.434. The number of hydrogen-bond acceptors (Lipinski definition) is 6. The molecule has 3 rings (SSSR count). The van der Waals surface area contributed by atoms with Crippen LogP contribution in [0.4, 0.5) is 5.69 Å². The zero-order chi connectivity index (χ0) is 19.4. The monoisotopic (exact) mass is 372 g/mol. The Morgan fingerprint density at radius 1 is 1.33 bits per heavy atom. The number of anilines is 1. The fraction of sp³-hybridized carbons (Fsp3) is 0.450. The smallest absolute Gasteiger partial charge is 0.336 e. The number of piperidine rings is 1. The van der Waals surface area contributed by atoms with Crippen LogP contribution in [0, 0.1) is 5.92 Å². The van der Waals surface area contributed by atoms with E-state index in [9.17, 15) is 14.4 Å². The third-order valence-electron chi connectivity index (χ3n) is 4.67. The molecular formula is C20H24N2O5. The van der Waals surface area contributed by atoms with Crippen molar-refractivity contribution in [1.29, 1.82) is 0 Å². The maximum absolute atomic E-state index is 12.0. The van der Waals surface area contributed by atoms with Gasteiger partial charge < -0.3 is 14.5 Å². The topological polar surface area (TPSA) is 88.8 Å². The molecule has 1 aliphatic rings. The van der Waals surface area contributed by atoms with E-state index in [-0.39, 0.29) is 17.8 Å². The molecular weight excluding hydrogens is 348 g/mol. The largest absolute Gasteiger partial charge is 0.466 e. The summed E-state index contributed by atoms with van der Waals surface area (Å²) in [5, 5.41) is 3.51. The van der Waals surface area contributed by atoms with E-state index in [0.29, 0.717) is 31.0 Å². The van der Waals surface area contributed by atoms with E-state index in [1.165, 1.54) is 13.0 Å². The summed E-state index contributed by atoms with van der Waals surface area (Å²) in [5.74, 6) is -0.470. The SMILES string of the molecule is CCOC(=O)C1CCCN(Cc2cc(=O)oc3cc(NC(C)=O)ccc23)C1. The zero-order valence-corrected chi connectivity index (χ0v) is 15.6. The molecule has 7 nitrogen and oxygen atoms in total. The molecule has 1 N–H and O–H groups in total. The Bertz CT molecular complexity index is 905. The highest BCUT2D eigenvalue weighted by atomic mass is 16.5. The number of ether oxygens (including phenoxy) is 1. The Balaban J connectivity index is 1.82. The molecule has 0 saturated carbocycles. The standard InChI is InChI=1S/C20H24N2O5/c1-3-26-20(25)14-5-4-8-22(11-14)12-15-9-19(24)27-18-10-16(21-13(2)23)6-7-17(15)18/h6-7,9-10,14H,3-5,8,11-12H2,1-2H3,(H,21,23). The molecule has 0 spiro atoms. The van der Waals surface area contributed by atoms with Crippen molar-refractivity contribution in [2.75, 3.05) is 25.0 Å². The molecule has 0 aliphatic carbocycles. The van der Waals surface area contributed by atoms with E-state index in [0.717, 1.165) is 30.3 Å². The van der Waals surface area contributed by atoms with Crippen LogP contribution in [0.25, 0.3) is 11.0 Å². The minimum Gasteiger partial charge on any atom is -0.466 e. The molecule has 1 atom stereocenters. The third-order valence-corrected chi connectivity index (χ3v) is 4.67. The van der Waals surface area contributed by atoms with Crippen molar-refractivity contribution in [3.63, 3.8) is 0 Å². The Hall–Kier alpha value is -2.67. The lowest BCUT2D eigenvalue weighted by molar-refractivity contribution is -0.150. The molecule has 7 heteroatoms. The Labute approximate surface area is 157 Å². The summed E-state index contributed by atoms with van der Waals surface area (Å²) in [6.07, 6.45) is 1.74. The second kappa shape index (κ2) is 8.35. The van der Waals surface area contributed by atoms with Gasteiger partial charge in [0.1, 0.15) is 5.58 Å². The van der Waals surface area contributed by atoms with Crippen molar-refractivity contribution < 1.29 is 18.7 Å². The molecule has 144 valence electrons. The molecule has 1 aromatic carbocycles. The van der Waals surface area contributed by atoms with Crippen LogP contribution in [0.5, 0.6) is 0 Å². The van der Waals surface area contributed by atoms with Gasteiger partial charge in [0, 0.05) is 43.2 Å². The predicted molar refractivity (Wildman–Crippen MR) is 101 cm³/mol. The van der Waals surface area contributed by atoms with E-state index in [1.807, 2.05) is 13.0 Å². The number of amides is 1. The fourth-order valence-electron chi connectivity index (χ4n) is 3.53. The molecule has 1 saturated heterocycles. The molecule has 1 unspecified atom stereocenters. The number of rotatable bonds is 5. The van der Waals surface area contributed by atoms with E-state index in [1.54, 1.807) is 12.1 Å². The first-order chi connectivity index (χ1) is 13.0. The molecule has 2 heterocycles. The Morgan fingerprint density at radius 3 is 2.89 bits per heavy atom. The van der Waals surface area contributed by atoms with Gasteiger partial charge in [0.25, 0.3) is 0 Å². The molecule has 1 aromatic heterocycles. The maximum Gasteiger partial charge on any atom is 0.336 e. The van der Waals surface area contributed by atoms with E-state index in [2.05, 4.69) is 10.2 Å². The highest BCUT2D eigenvalue weighted by Gasteiger charge is 2.27. The number of benzene rings is 1. The van der Waals surface area contributed by atoms with Crippen LogP contribution in [0.2, 0.25) is 0 Å². The van der Waals surface area contributed by atoms with Gasteiger partial charge in [-0.1, -0.05) is 0 Å². The van der Waals surface area contributed by atoms with E-state index < -0.39 is 5.63 Å². The molecule has 27 heavy (non-hydrogen) atoms. The van der Waals surface area contributed by atoms with Crippen LogP contribution in [0.1, 0.15) is 32.3 Å². The summed E-state index contributed by atoms with van der Waals surface area (Å²) in [4.78, 5) is 37.4. The number of esters is 1. The molecule has 2 aromatic rings. The first-order valence-electron chi connectivity index (χ1n) is 9.19. The van der Waals surface area contributed by atoms with Gasteiger partial charge in [0.2, 0.25) is 5.91 Å². The number of fused-ring (bicyclic) bond motifs is 1. The van der Waals surface area contributed by atoms with Gasteiger partial charge >= 0.3 is 11.6 Å². The molecule has 0 radical (unpaired) electrons. The van der Waals surface area contributed by atoms with Gasteiger partial charge in [-0.3, -0.25) is 14.5 Å². The number of nitrogens with one attached hydrogen (secondary N) is 1. The van der Waals surface area contributed by atoms with Crippen LogP contribution in [0.15, 0.2) is 33.5 Å². The summed E-state index contributed by atoms with van der Waals surface area (Å²) in [6, 6.07) is 6.77. The van der Waals surface area contributed by atoms with Crippen LogP contribution < -0.4 is 10.9 Å². The summed E-state index contributed by atoms with van der Waals surface area (Å²) < 4.78 is 10.5. The van der Waals surface area contributed by atoms with Gasteiger partial charge in [0.15, 0.2) is 0 Å². The average molecular weight is 372 g/mol. The van der Waals surface area contributed by atoms with Crippen LogP contribution in [-0.4, -0.2) is 36.5 Å². The quantitative estimate of drug-likeness (QED) is 0.641. The molecule has 1 aliphatic heterocycles. The summed E-state index contributed by atoms with van der Waals surface area (Å²) in [5.41, 5.74) is 1.43. The van der Waals surface area contributed by atoms with Crippen molar-refractivity contribution in [2.45, 2.75) is 33.2 Å². The van der Waals surface area contributed by atoms with Gasteiger partial charge in [-0.25, -0.2) is 4.79 Å². The Kier molecular flexibility index (Phi) is 5.91. The Morgan fingerprint density at radius 2 is 2.15 bits per heavy atom. The van der Waals surface area contributed by atoms with Crippen molar-refractivity contribution >= 4 is 28.5 Å². The molecule has 1 fully saturated rings. The van der Waals surface area contributed by atoms with E-state index in [4.69, 9.17) is 9.15 Å². The average Bonchev–Trinajstić information content (AvgIpc) is 2.61. The minimum absolute atomic E-state index is 0.128. The van der Waals surface area contributed by atoms with Crippen molar-refractivity contribution in [3.05, 3.63) is 40.2 Å². The lowest BCUT2D eigenvalue weighted by Gasteiger charge is -2.31. The van der Waals surface area contributed by atoms with Crippen molar-refractivity contribution in [2.24, 2.45) is 5.92 Å². The number of hydrogen-bond donors (Lipinski definition) is 1. The predicted octanol–water partition coefficient (Wildman–Crippen LogP) is 2.53. The van der Waals surface area contributed by atoms with Gasteiger partial charge in [-0.2, -0.15) is 0 Å². The van der Waals surface area contributed by atoms with Gasteiger partial charge in [-0.05, 0) is 44.0 Å². The fourth-order valence-corrected chi connectivity index (χ4v) is 3.53.